The van der Waals surface area contributed by atoms with Gasteiger partial charge in [0, 0.05) is 19.6 Å². The van der Waals surface area contributed by atoms with Crippen molar-refractivity contribution in [2.45, 2.75) is 6.10 Å². The van der Waals surface area contributed by atoms with Gasteiger partial charge in [0.15, 0.2) is 0 Å². The van der Waals surface area contributed by atoms with E-state index in [-0.39, 0.29) is 32.8 Å². The van der Waals surface area contributed by atoms with E-state index >= 15 is 0 Å². The summed E-state index contributed by atoms with van der Waals surface area (Å²) < 4.78 is 30.9. The fourth-order valence-electron chi connectivity index (χ4n) is 1.16. The Hall–Kier alpha value is -0.250. The quantitative estimate of drug-likeness (QED) is 0.392. The summed E-state index contributed by atoms with van der Waals surface area (Å²) in [5.41, 5.74) is 0. The second-order valence-corrected chi connectivity index (χ2v) is 4.57. The molecule has 0 saturated heterocycles. The largest absolute Gasteiger partial charge is 0.748 e. The molecule has 0 heterocycles. The Balaban J connectivity index is 4.04. The molecule has 0 aromatic carbocycles. The van der Waals surface area contributed by atoms with E-state index in [2.05, 4.69) is 0 Å². The number of aliphatic hydroxyl groups is 3. The minimum atomic E-state index is -4.45. The van der Waals surface area contributed by atoms with Crippen LogP contribution in [0.3, 0.4) is 0 Å². The van der Waals surface area contributed by atoms with Crippen LogP contribution in [0.2, 0.25) is 0 Å². The maximum Gasteiger partial charge on any atom is 0.0972 e. The molecule has 0 aromatic rings. The van der Waals surface area contributed by atoms with Crippen LogP contribution in [0.15, 0.2) is 0 Å². The summed E-state index contributed by atoms with van der Waals surface area (Å²) in [4.78, 5) is 1.47. The lowest BCUT2D eigenvalue weighted by molar-refractivity contribution is 0.0978. The van der Waals surface area contributed by atoms with Crippen LogP contribution < -0.4 is 0 Å². The number of aliphatic hydroxyl groups excluding tert-OH is 3. The molecule has 0 aliphatic rings. The molecule has 1 atom stereocenters. The molecule has 0 radical (unpaired) electrons. The van der Waals surface area contributed by atoms with Crippen molar-refractivity contribution >= 4 is 10.1 Å². The van der Waals surface area contributed by atoms with Gasteiger partial charge in [0.2, 0.25) is 0 Å². The normalized spacial score (nSPS) is 14.5. The standard InChI is InChI=1S/C7H17NO6S/c9-3-1-8(2-4-10)5-7(11)6-15(12,13)14/h7,9-11H,1-6H2,(H,12,13,14)/p-1. The van der Waals surface area contributed by atoms with Gasteiger partial charge in [-0.25, -0.2) is 8.42 Å². The minimum absolute atomic E-state index is 0.0669. The van der Waals surface area contributed by atoms with E-state index in [1.54, 1.807) is 0 Å². The van der Waals surface area contributed by atoms with Crippen molar-refractivity contribution in [1.82, 2.24) is 4.90 Å². The average molecular weight is 242 g/mol. The van der Waals surface area contributed by atoms with Crippen molar-refractivity contribution in [3.05, 3.63) is 0 Å². The number of hydrogen-bond donors (Lipinski definition) is 3. The molecule has 0 bridgehead atoms. The van der Waals surface area contributed by atoms with Crippen molar-refractivity contribution in [3.63, 3.8) is 0 Å². The van der Waals surface area contributed by atoms with Crippen LogP contribution in [0.25, 0.3) is 0 Å². The van der Waals surface area contributed by atoms with Gasteiger partial charge >= 0.3 is 0 Å². The Kier molecular flexibility index (Phi) is 6.98. The average Bonchev–Trinajstić information content (AvgIpc) is 2.00. The molecule has 0 amide bonds. The zero-order valence-electron chi connectivity index (χ0n) is 8.24. The molecule has 7 nitrogen and oxygen atoms in total. The molecule has 15 heavy (non-hydrogen) atoms. The first-order valence-corrected chi connectivity index (χ1v) is 6.02. The maximum absolute atomic E-state index is 10.3. The summed E-state index contributed by atoms with van der Waals surface area (Å²) >= 11 is 0. The lowest BCUT2D eigenvalue weighted by Gasteiger charge is -2.23. The summed E-state index contributed by atoms with van der Waals surface area (Å²) in [5.74, 6) is -0.861. The van der Waals surface area contributed by atoms with E-state index in [9.17, 15) is 18.1 Å². The molecule has 0 aliphatic carbocycles. The fraction of sp³-hybridized carbons (Fsp3) is 1.00. The third kappa shape index (κ3) is 8.73. The highest BCUT2D eigenvalue weighted by molar-refractivity contribution is 7.85. The maximum atomic E-state index is 10.3. The minimum Gasteiger partial charge on any atom is -0.748 e. The fourth-order valence-corrected chi connectivity index (χ4v) is 1.74. The Labute approximate surface area is 88.7 Å². The molecule has 0 spiro atoms. The van der Waals surface area contributed by atoms with Crippen molar-refractivity contribution in [3.8, 4) is 0 Å². The number of hydrogen-bond acceptors (Lipinski definition) is 7. The van der Waals surface area contributed by atoms with Gasteiger partial charge in [-0.05, 0) is 0 Å². The van der Waals surface area contributed by atoms with E-state index in [0.29, 0.717) is 0 Å². The van der Waals surface area contributed by atoms with Crippen molar-refractivity contribution in [2.24, 2.45) is 0 Å². The van der Waals surface area contributed by atoms with Crippen LogP contribution in [-0.4, -0.2) is 77.9 Å². The van der Waals surface area contributed by atoms with Crippen LogP contribution in [0.1, 0.15) is 0 Å². The van der Waals surface area contributed by atoms with Gasteiger partial charge in [0.25, 0.3) is 0 Å². The Morgan fingerprint density at radius 2 is 1.67 bits per heavy atom. The van der Waals surface area contributed by atoms with Gasteiger partial charge in [-0.2, -0.15) is 0 Å². The van der Waals surface area contributed by atoms with Crippen LogP contribution in [0.5, 0.6) is 0 Å². The van der Waals surface area contributed by atoms with Gasteiger partial charge in [-0.1, -0.05) is 0 Å². The third-order valence-electron chi connectivity index (χ3n) is 1.70. The molecule has 0 rings (SSSR count). The second-order valence-electron chi connectivity index (χ2n) is 3.13. The summed E-state index contributed by atoms with van der Waals surface area (Å²) in [7, 11) is -4.45. The Bertz CT molecular complexity index is 248. The summed E-state index contributed by atoms with van der Waals surface area (Å²) in [5, 5.41) is 26.5. The van der Waals surface area contributed by atoms with E-state index in [1.807, 2.05) is 0 Å². The van der Waals surface area contributed by atoms with Crippen LogP contribution in [-0.2, 0) is 10.1 Å². The van der Waals surface area contributed by atoms with E-state index in [0.717, 1.165) is 0 Å². The number of rotatable bonds is 8. The Morgan fingerprint density at radius 1 is 1.20 bits per heavy atom. The molecule has 3 N–H and O–H groups in total. The highest BCUT2D eigenvalue weighted by Gasteiger charge is 2.13. The highest BCUT2D eigenvalue weighted by atomic mass is 32.2. The molecular weight excluding hydrogens is 226 g/mol. The van der Waals surface area contributed by atoms with Crippen LogP contribution >= 0.6 is 0 Å². The van der Waals surface area contributed by atoms with Gasteiger partial charge in [0.05, 0.1) is 35.2 Å². The molecule has 92 valence electrons. The summed E-state index contributed by atoms with van der Waals surface area (Å²) in [6.45, 7) is 0.00330. The van der Waals surface area contributed by atoms with Crippen LogP contribution in [0, 0.1) is 0 Å². The first-order valence-electron chi connectivity index (χ1n) is 4.44. The molecule has 8 heteroatoms. The Morgan fingerprint density at radius 3 is 2.00 bits per heavy atom. The molecule has 0 saturated carbocycles. The third-order valence-corrected chi connectivity index (χ3v) is 2.49. The van der Waals surface area contributed by atoms with Gasteiger partial charge in [0.1, 0.15) is 0 Å². The van der Waals surface area contributed by atoms with Crippen molar-refractivity contribution in [2.75, 3.05) is 38.6 Å². The highest BCUT2D eigenvalue weighted by Crippen LogP contribution is 1.95. The molecule has 1 unspecified atom stereocenters. The zero-order valence-corrected chi connectivity index (χ0v) is 9.06. The van der Waals surface area contributed by atoms with Crippen molar-refractivity contribution in [1.29, 1.82) is 0 Å². The molecule has 0 aromatic heterocycles. The van der Waals surface area contributed by atoms with E-state index in [4.69, 9.17) is 10.2 Å². The van der Waals surface area contributed by atoms with E-state index < -0.39 is 22.0 Å². The van der Waals surface area contributed by atoms with Gasteiger partial charge in [-0.15, -0.1) is 0 Å². The van der Waals surface area contributed by atoms with Crippen LogP contribution in [0.4, 0.5) is 0 Å². The number of nitrogens with zero attached hydrogens (tertiary/aromatic N) is 1. The topological polar surface area (TPSA) is 121 Å². The van der Waals surface area contributed by atoms with Gasteiger partial charge in [-0.3, -0.25) is 4.90 Å². The zero-order chi connectivity index (χ0) is 11.9. The first-order chi connectivity index (χ1) is 6.89. The van der Waals surface area contributed by atoms with Crippen molar-refractivity contribution < 1.29 is 28.3 Å². The van der Waals surface area contributed by atoms with Gasteiger partial charge < -0.3 is 19.9 Å². The SMILES string of the molecule is O=S(=O)([O-])CC(O)CN(CCO)CCO. The molecule has 0 aliphatic heterocycles. The molecule has 0 fully saturated rings. The lowest BCUT2D eigenvalue weighted by Crippen LogP contribution is -2.39. The second kappa shape index (κ2) is 7.09. The molecular formula is C7H16NO6S-. The lowest BCUT2D eigenvalue weighted by atomic mass is 10.3. The smallest absolute Gasteiger partial charge is 0.0972 e. The first kappa shape index (κ1) is 14.8. The van der Waals surface area contributed by atoms with E-state index in [1.165, 1.54) is 4.90 Å². The summed E-state index contributed by atoms with van der Waals surface area (Å²) in [6, 6.07) is 0. The summed E-state index contributed by atoms with van der Waals surface area (Å²) in [6.07, 6.45) is -1.30. The predicted octanol–water partition coefficient (Wildman–Crippen LogP) is -2.82. The monoisotopic (exact) mass is 242 g/mol. The predicted molar refractivity (Wildman–Crippen MR) is 51.2 cm³/mol.